The minimum atomic E-state index is 0.462. The summed E-state index contributed by atoms with van der Waals surface area (Å²) in [4.78, 5) is 0. The van der Waals surface area contributed by atoms with Gasteiger partial charge in [-0.2, -0.15) is 0 Å². The first kappa shape index (κ1) is 13.6. The molecule has 2 saturated carbocycles. The van der Waals surface area contributed by atoms with Crippen LogP contribution >= 0.6 is 0 Å². The number of hydrogen-bond donors (Lipinski definition) is 0. The molecule has 112 valence electrons. The van der Waals surface area contributed by atoms with Gasteiger partial charge >= 0.3 is 0 Å². The van der Waals surface area contributed by atoms with Crippen molar-refractivity contribution < 1.29 is 0 Å². The Morgan fingerprint density at radius 2 is 1.10 bits per heavy atom. The van der Waals surface area contributed by atoms with E-state index in [1.165, 1.54) is 25.7 Å². The van der Waals surface area contributed by atoms with Gasteiger partial charge in [-0.1, -0.05) is 75.3 Å². The molecule has 4 aliphatic rings. The minimum Gasteiger partial charge on any atom is -0.0805 e. The van der Waals surface area contributed by atoms with Gasteiger partial charge in [0, 0.05) is 0 Å². The summed E-state index contributed by atoms with van der Waals surface area (Å²) in [6, 6.07) is 0. The molecular formula is C21H28. The van der Waals surface area contributed by atoms with E-state index >= 15 is 0 Å². The second-order valence-corrected chi connectivity index (χ2v) is 8.18. The molecule has 0 amide bonds. The van der Waals surface area contributed by atoms with Gasteiger partial charge < -0.3 is 0 Å². The molecule has 0 nitrogen and oxygen atoms in total. The summed E-state index contributed by atoms with van der Waals surface area (Å²) in [5.74, 6) is 4.68. The average molecular weight is 280 g/mol. The molecule has 0 spiro atoms. The van der Waals surface area contributed by atoms with E-state index in [1.807, 2.05) is 0 Å². The lowest BCUT2D eigenvalue weighted by atomic mass is 9.61. The molecule has 0 bridgehead atoms. The van der Waals surface area contributed by atoms with Crippen LogP contribution in [-0.4, -0.2) is 0 Å². The molecule has 0 heteroatoms. The third kappa shape index (κ3) is 2.02. The minimum absolute atomic E-state index is 0.462. The second kappa shape index (κ2) is 5.00. The second-order valence-electron chi connectivity index (χ2n) is 8.18. The van der Waals surface area contributed by atoms with Crippen molar-refractivity contribution in [2.24, 2.45) is 40.9 Å². The molecule has 0 heterocycles. The highest BCUT2D eigenvalue weighted by Gasteiger charge is 2.54. The quantitative estimate of drug-likeness (QED) is 0.622. The first-order valence-corrected chi connectivity index (χ1v) is 8.89. The summed E-state index contributed by atoms with van der Waals surface area (Å²) >= 11 is 0. The van der Waals surface area contributed by atoms with E-state index in [4.69, 9.17) is 0 Å². The Balaban J connectivity index is 1.72. The number of rotatable bonds is 2. The summed E-state index contributed by atoms with van der Waals surface area (Å²) in [5, 5.41) is 0. The Kier molecular flexibility index (Phi) is 3.24. The van der Waals surface area contributed by atoms with Crippen LogP contribution in [-0.2, 0) is 0 Å². The maximum atomic E-state index is 2.57. The lowest BCUT2D eigenvalue weighted by molar-refractivity contribution is 0.0751. The lowest BCUT2D eigenvalue weighted by Crippen LogP contribution is -2.37. The first-order valence-electron chi connectivity index (χ1n) is 8.89. The van der Waals surface area contributed by atoms with Gasteiger partial charge in [0.25, 0.3) is 0 Å². The third-order valence-electron chi connectivity index (χ3n) is 6.98. The summed E-state index contributed by atoms with van der Waals surface area (Å²) in [7, 11) is 0. The van der Waals surface area contributed by atoms with E-state index in [0.717, 1.165) is 35.5 Å². The summed E-state index contributed by atoms with van der Waals surface area (Å²) in [5.41, 5.74) is 0.462. The molecule has 0 aromatic rings. The normalized spacial score (nSPS) is 41.5. The fourth-order valence-electron chi connectivity index (χ4n) is 5.96. The topological polar surface area (TPSA) is 0 Å². The van der Waals surface area contributed by atoms with Crippen molar-refractivity contribution in [3.05, 3.63) is 48.6 Å². The molecule has 2 fully saturated rings. The molecule has 4 aliphatic carbocycles. The van der Waals surface area contributed by atoms with Gasteiger partial charge in [-0.15, -0.1) is 0 Å². The molecule has 3 unspecified atom stereocenters. The fraction of sp³-hybridized carbons (Fsp3) is 0.619. The Bertz CT molecular complexity index is 476. The smallest absolute Gasteiger partial charge is 0.00954 e. The lowest BCUT2D eigenvalue weighted by Gasteiger charge is -2.43. The monoisotopic (exact) mass is 280 g/mol. The van der Waals surface area contributed by atoms with Crippen LogP contribution < -0.4 is 0 Å². The molecule has 0 N–H and O–H groups in total. The van der Waals surface area contributed by atoms with Crippen molar-refractivity contribution in [2.75, 3.05) is 0 Å². The van der Waals surface area contributed by atoms with Crippen LogP contribution in [0, 0.1) is 40.9 Å². The van der Waals surface area contributed by atoms with Crippen LogP contribution in [0.3, 0.4) is 0 Å². The van der Waals surface area contributed by atoms with Gasteiger partial charge in [-0.05, 0) is 53.8 Å². The Labute approximate surface area is 129 Å². The Hall–Kier alpha value is -1.04. The number of fused-ring (bicyclic) bond motifs is 3. The van der Waals surface area contributed by atoms with Crippen molar-refractivity contribution in [1.29, 1.82) is 0 Å². The molecule has 0 saturated heterocycles. The predicted molar refractivity (Wildman–Crippen MR) is 89.7 cm³/mol. The molecule has 0 aromatic heterocycles. The van der Waals surface area contributed by atoms with Crippen LogP contribution in [0.15, 0.2) is 48.6 Å². The highest BCUT2D eigenvalue weighted by atomic mass is 14.6. The largest absolute Gasteiger partial charge is 0.0805 e. The molecule has 4 rings (SSSR count). The maximum absolute atomic E-state index is 2.57. The van der Waals surface area contributed by atoms with E-state index in [2.05, 4.69) is 62.5 Å². The highest BCUT2D eigenvalue weighted by Crippen LogP contribution is 2.60. The molecule has 0 aliphatic heterocycles. The zero-order valence-corrected chi connectivity index (χ0v) is 13.4. The third-order valence-corrected chi connectivity index (χ3v) is 6.98. The maximum Gasteiger partial charge on any atom is -0.00954 e. The van der Waals surface area contributed by atoms with Gasteiger partial charge in [-0.3, -0.25) is 0 Å². The molecule has 0 aromatic carbocycles. The van der Waals surface area contributed by atoms with Crippen molar-refractivity contribution in [2.45, 2.75) is 39.5 Å². The zero-order chi connectivity index (χ0) is 14.4. The van der Waals surface area contributed by atoms with Gasteiger partial charge in [0.2, 0.25) is 0 Å². The average Bonchev–Trinajstić information content (AvgIpc) is 3.14. The zero-order valence-electron chi connectivity index (χ0n) is 13.4. The first-order chi connectivity index (χ1) is 10.2. The number of allylic oxidation sites excluding steroid dienone is 8. The van der Waals surface area contributed by atoms with Crippen LogP contribution in [0.25, 0.3) is 0 Å². The molecular weight excluding hydrogens is 252 g/mol. The Morgan fingerprint density at radius 1 is 0.667 bits per heavy atom. The van der Waals surface area contributed by atoms with Crippen molar-refractivity contribution in [1.82, 2.24) is 0 Å². The van der Waals surface area contributed by atoms with Crippen LogP contribution in [0.4, 0.5) is 0 Å². The van der Waals surface area contributed by atoms with E-state index in [1.54, 1.807) is 0 Å². The molecule has 21 heavy (non-hydrogen) atoms. The van der Waals surface area contributed by atoms with Gasteiger partial charge in [0.15, 0.2) is 0 Å². The van der Waals surface area contributed by atoms with E-state index < -0.39 is 0 Å². The fourth-order valence-corrected chi connectivity index (χ4v) is 5.96. The van der Waals surface area contributed by atoms with Crippen molar-refractivity contribution >= 4 is 0 Å². The summed E-state index contributed by atoms with van der Waals surface area (Å²) < 4.78 is 0. The van der Waals surface area contributed by atoms with Gasteiger partial charge in [0.1, 0.15) is 0 Å². The van der Waals surface area contributed by atoms with E-state index in [9.17, 15) is 0 Å². The number of hydrogen-bond acceptors (Lipinski definition) is 0. The van der Waals surface area contributed by atoms with Crippen LogP contribution in [0.5, 0.6) is 0 Å². The Morgan fingerprint density at radius 3 is 1.57 bits per heavy atom. The standard InChI is InChI=1S/C21H28/c1-21(2,15-9-3-4-10-15)20-18-13-7-5-11-16(18)17-12-6-8-14-19(17)20/h5-8,11-20H,3-4,9-10H2,1-2H3/t16-,17+,18?,19?,20?. The summed E-state index contributed by atoms with van der Waals surface area (Å²) in [6.07, 6.45) is 25.0. The van der Waals surface area contributed by atoms with E-state index in [0.29, 0.717) is 5.41 Å². The van der Waals surface area contributed by atoms with Crippen LogP contribution in [0.1, 0.15) is 39.5 Å². The van der Waals surface area contributed by atoms with Crippen molar-refractivity contribution in [3.63, 3.8) is 0 Å². The molecule has 5 atom stereocenters. The van der Waals surface area contributed by atoms with Gasteiger partial charge in [-0.25, -0.2) is 0 Å². The van der Waals surface area contributed by atoms with Crippen LogP contribution in [0.2, 0.25) is 0 Å². The predicted octanol–water partition coefficient (Wildman–Crippen LogP) is 5.55. The van der Waals surface area contributed by atoms with E-state index in [-0.39, 0.29) is 0 Å². The molecule has 0 radical (unpaired) electrons. The summed E-state index contributed by atoms with van der Waals surface area (Å²) in [6.45, 7) is 5.15. The SMILES string of the molecule is CC(C)(C1CCCC1)C1C2C=CC=C[C@H]2[C@H]2C=CC=CC12. The van der Waals surface area contributed by atoms with Gasteiger partial charge in [0.05, 0.1) is 0 Å². The van der Waals surface area contributed by atoms with Crippen molar-refractivity contribution in [3.8, 4) is 0 Å². The highest BCUT2D eigenvalue weighted by molar-refractivity contribution is 5.29.